The minimum atomic E-state index is -0.0941. The highest BCUT2D eigenvalue weighted by Crippen LogP contribution is 2.16. The van der Waals surface area contributed by atoms with Crippen LogP contribution in [0.25, 0.3) is 11.5 Å². The standard InChI is InChI=1S/C17H21N3O3S/c1-2-22-16(21)14-9-6-10-19(11-14)12-20-17(24)23-15(18-20)13-7-4-3-5-8-13/h3-5,7-8,14H,2,6,9-12H2,1H3/p+1/t14-/m0/s1. The Morgan fingerprint density at radius 1 is 1.46 bits per heavy atom. The number of hydrogen-bond donors (Lipinski definition) is 1. The summed E-state index contributed by atoms with van der Waals surface area (Å²) in [7, 11) is 0. The van der Waals surface area contributed by atoms with Gasteiger partial charge < -0.3 is 14.1 Å². The van der Waals surface area contributed by atoms with Crippen LogP contribution in [-0.4, -0.2) is 35.4 Å². The van der Waals surface area contributed by atoms with Gasteiger partial charge in [0, 0.05) is 5.56 Å². The highest BCUT2D eigenvalue weighted by molar-refractivity contribution is 7.71. The number of hydrogen-bond acceptors (Lipinski definition) is 5. The molecular weight excluding hydrogens is 326 g/mol. The number of rotatable bonds is 5. The molecule has 1 fully saturated rings. The zero-order chi connectivity index (χ0) is 16.9. The van der Waals surface area contributed by atoms with Crippen molar-refractivity contribution in [3.8, 4) is 11.5 Å². The van der Waals surface area contributed by atoms with Gasteiger partial charge in [-0.1, -0.05) is 18.2 Å². The molecule has 2 atom stereocenters. The summed E-state index contributed by atoms with van der Waals surface area (Å²) in [5.74, 6) is 0.394. The Balaban J connectivity index is 1.69. The summed E-state index contributed by atoms with van der Waals surface area (Å²) in [6.45, 7) is 4.61. The number of nitrogens with one attached hydrogen (secondary N) is 1. The van der Waals surface area contributed by atoms with Crippen molar-refractivity contribution < 1.29 is 18.8 Å². The van der Waals surface area contributed by atoms with Gasteiger partial charge in [0.05, 0.1) is 19.7 Å². The highest BCUT2D eigenvalue weighted by atomic mass is 32.1. The summed E-state index contributed by atoms with van der Waals surface area (Å²) in [4.78, 5) is 13.6. The largest absolute Gasteiger partial charge is 0.466 e. The molecule has 6 nitrogen and oxygen atoms in total. The second kappa shape index (κ2) is 7.72. The van der Waals surface area contributed by atoms with E-state index < -0.39 is 0 Å². The number of aromatic nitrogens is 2. The molecule has 2 aromatic rings. The molecule has 0 radical (unpaired) electrons. The average Bonchev–Trinajstić information content (AvgIpc) is 2.97. The first kappa shape index (κ1) is 16.9. The van der Waals surface area contributed by atoms with Gasteiger partial charge in [0.25, 0.3) is 4.84 Å². The van der Waals surface area contributed by atoms with E-state index in [4.69, 9.17) is 21.4 Å². The van der Waals surface area contributed by atoms with Crippen LogP contribution in [-0.2, 0) is 16.2 Å². The summed E-state index contributed by atoms with van der Waals surface area (Å²) in [5, 5.41) is 4.49. The fraction of sp³-hybridized carbons (Fsp3) is 0.471. The number of benzene rings is 1. The van der Waals surface area contributed by atoms with Crippen molar-refractivity contribution >= 4 is 18.2 Å². The third-order valence-corrected chi connectivity index (χ3v) is 4.53. The lowest BCUT2D eigenvalue weighted by molar-refractivity contribution is -0.930. The van der Waals surface area contributed by atoms with Gasteiger partial charge in [-0.15, -0.1) is 5.10 Å². The maximum absolute atomic E-state index is 12.0. The molecule has 7 heteroatoms. The zero-order valence-electron chi connectivity index (χ0n) is 13.7. The lowest BCUT2D eigenvalue weighted by Crippen LogP contribution is -3.13. The van der Waals surface area contributed by atoms with E-state index >= 15 is 0 Å². The van der Waals surface area contributed by atoms with Crippen molar-refractivity contribution in [3.05, 3.63) is 35.2 Å². The second-order valence-corrected chi connectivity index (χ2v) is 6.34. The van der Waals surface area contributed by atoms with Crippen LogP contribution in [0.1, 0.15) is 19.8 Å². The first-order valence-electron chi connectivity index (χ1n) is 8.31. The summed E-state index contributed by atoms with van der Waals surface area (Å²) in [5.41, 5.74) is 0.903. The monoisotopic (exact) mass is 348 g/mol. The maximum atomic E-state index is 12.0. The molecule has 1 aliphatic heterocycles. The number of piperidine rings is 1. The molecule has 0 amide bonds. The van der Waals surface area contributed by atoms with Crippen LogP contribution in [0.2, 0.25) is 0 Å². The number of carbonyl (C=O) groups excluding carboxylic acids is 1. The minimum absolute atomic E-state index is 0.0385. The first-order valence-corrected chi connectivity index (χ1v) is 8.71. The molecular formula is C17H22N3O3S+. The Kier molecular flexibility index (Phi) is 5.42. The fourth-order valence-corrected chi connectivity index (χ4v) is 3.26. The van der Waals surface area contributed by atoms with Crippen LogP contribution in [0.3, 0.4) is 0 Å². The lowest BCUT2D eigenvalue weighted by Gasteiger charge is -2.28. The van der Waals surface area contributed by atoms with E-state index in [1.54, 1.807) is 4.68 Å². The van der Waals surface area contributed by atoms with Crippen molar-refractivity contribution in [1.29, 1.82) is 0 Å². The lowest BCUT2D eigenvalue weighted by atomic mass is 9.99. The van der Waals surface area contributed by atoms with Gasteiger partial charge in [-0.2, -0.15) is 4.68 Å². The predicted octanol–water partition coefficient (Wildman–Crippen LogP) is 1.69. The van der Waals surface area contributed by atoms with Crippen LogP contribution < -0.4 is 4.90 Å². The molecule has 24 heavy (non-hydrogen) atoms. The van der Waals surface area contributed by atoms with E-state index in [1.165, 1.54) is 4.90 Å². The SMILES string of the molecule is CCOC(=O)[C@H]1CCC[NH+](Cn2nc(-c3ccccc3)oc2=S)C1. The van der Waals surface area contributed by atoms with Crippen LogP contribution in [0, 0.1) is 10.8 Å². The highest BCUT2D eigenvalue weighted by Gasteiger charge is 2.30. The Morgan fingerprint density at radius 2 is 2.25 bits per heavy atom. The Bertz CT molecular complexity index is 741. The Labute approximate surface area is 146 Å². The van der Waals surface area contributed by atoms with Crippen molar-refractivity contribution in [2.75, 3.05) is 19.7 Å². The van der Waals surface area contributed by atoms with E-state index in [9.17, 15) is 4.79 Å². The smallest absolute Gasteiger partial charge is 0.314 e. The zero-order valence-corrected chi connectivity index (χ0v) is 14.6. The number of likely N-dealkylation sites (tertiary alicyclic amines) is 1. The topological polar surface area (TPSA) is 61.7 Å². The van der Waals surface area contributed by atoms with Gasteiger partial charge in [0.1, 0.15) is 5.92 Å². The fourth-order valence-electron chi connectivity index (χ4n) is 3.07. The molecule has 1 saturated heterocycles. The molecule has 0 bridgehead atoms. The Hall–Kier alpha value is -1.99. The molecule has 1 aliphatic rings. The van der Waals surface area contributed by atoms with Crippen molar-refractivity contribution in [3.63, 3.8) is 0 Å². The normalized spacial score (nSPS) is 20.7. The molecule has 0 spiro atoms. The van der Waals surface area contributed by atoms with E-state index in [-0.39, 0.29) is 11.9 Å². The van der Waals surface area contributed by atoms with Gasteiger partial charge in [-0.25, -0.2) is 0 Å². The van der Waals surface area contributed by atoms with Crippen LogP contribution in [0.5, 0.6) is 0 Å². The molecule has 0 saturated carbocycles. The van der Waals surface area contributed by atoms with Gasteiger partial charge >= 0.3 is 5.97 Å². The quantitative estimate of drug-likeness (QED) is 0.658. The van der Waals surface area contributed by atoms with E-state index in [0.717, 1.165) is 31.5 Å². The molecule has 128 valence electrons. The molecule has 3 rings (SSSR count). The number of nitrogens with zero attached hydrogens (tertiary/aromatic N) is 2. The number of quaternary nitrogens is 1. The average molecular weight is 348 g/mol. The van der Waals surface area contributed by atoms with Gasteiger partial charge in [-0.05, 0) is 44.1 Å². The summed E-state index contributed by atoms with van der Waals surface area (Å²) in [6, 6.07) is 9.70. The molecule has 1 N–H and O–H groups in total. The predicted molar refractivity (Wildman–Crippen MR) is 90.8 cm³/mol. The number of esters is 1. The van der Waals surface area contributed by atoms with Crippen LogP contribution in [0.4, 0.5) is 0 Å². The van der Waals surface area contributed by atoms with Crippen molar-refractivity contribution in [2.45, 2.75) is 26.4 Å². The Morgan fingerprint density at radius 3 is 3.00 bits per heavy atom. The summed E-state index contributed by atoms with van der Waals surface area (Å²) in [6.07, 6.45) is 1.89. The van der Waals surface area contributed by atoms with Gasteiger partial charge in [0.15, 0.2) is 6.67 Å². The maximum Gasteiger partial charge on any atom is 0.314 e. The van der Waals surface area contributed by atoms with Crippen molar-refractivity contribution in [2.24, 2.45) is 5.92 Å². The number of ether oxygens (including phenoxy) is 1. The van der Waals surface area contributed by atoms with Crippen molar-refractivity contribution in [1.82, 2.24) is 9.78 Å². The summed E-state index contributed by atoms with van der Waals surface area (Å²) < 4.78 is 12.5. The van der Waals surface area contributed by atoms with E-state index in [1.807, 2.05) is 37.3 Å². The molecule has 1 aromatic carbocycles. The van der Waals surface area contributed by atoms with E-state index in [0.29, 0.717) is 24.0 Å². The van der Waals surface area contributed by atoms with Crippen LogP contribution in [0.15, 0.2) is 34.7 Å². The molecule has 2 heterocycles. The van der Waals surface area contributed by atoms with E-state index in [2.05, 4.69) is 5.10 Å². The van der Waals surface area contributed by atoms with Crippen LogP contribution >= 0.6 is 12.2 Å². The third-order valence-electron chi connectivity index (χ3n) is 4.24. The first-order chi connectivity index (χ1) is 11.7. The van der Waals surface area contributed by atoms with Gasteiger partial charge in [0.2, 0.25) is 5.89 Å². The number of carbonyl (C=O) groups is 1. The van der Waals surface area contributed by atoms with Gasteiger partial charge in [-0.3, -0.25) is 4.79 Å². The second-order valence-electron chi connectivity index (χ2n) is 5.99. The third kappa shape index (κ3) is 3.91. The molecule has 1 aromatic heterocycles. The summed E-state index contributed by atoms with van der Waals surface area (Å²) >= 11 is 5.29. The minimum Gasteiger partial charge on any atom is -0.466 e. The molecule has 0 aliphatic carbocycles. The molecule has 1 unspecified atom stereocenters.